The summed E-state index contributed by atoms with van der Waals surface area (Å²) in [6.07, 6.45) is -1.61. The maximum Gasteiger partial charge on any atom is 0.416 e. The standard InChI is InChI=1S/C14H22F3N3/c1-4-6-8-20(3)13-10-11(14(15,16)17)9-12(19-13)18-7-5-2/h9-10H,4-8H2,1-3H3,(H,18,19). The summed E-state index contributed by atoms with van der Waals surface area (Å²) in [4.78, 5) is 6.01. The molecule has 0 saturated heterocycles. The van der Waals surface area contributed by atoms with E-state index in [0.29, 0.717) is 18.9 Å². The lowest BCUT2D eigenvalue weighted by molar-refractivity contribution is -0.137. The van der Waals surface area contributed by atoms with E-state index in [2.05, 4.69) is 10.3 Å². The van der Waals surface area contributed by atoms with Gasteiger partial charge in [-0.2, -0.15) is 13.2 Å². The third-order valence-electron chi connectivity index (χ3n) is 2.93. The van der Waals surface area contributed by atoms with Gasteiger partial charge in [0.1, 0.15) is 11.6 Å². The van der Waals surface area contributed by atoms with Gasteiger partial charge in [0.2, 0.25) is 0 Å². The Morgan fingerprint density at radius 2 is 1.90 bits per heavy atom. The second-order valence-electron chi connectivity index (χ2n) is 4.80. The molecule has 114 valence electrons. The number of anilines is 2. The van der Waals surface area contributed by atoms with Gasteiger partial charge in [-0.3, -0.25) is 0 Å². The normalized spacial score (nSPS) is 11.5. The molecule has 0 aliphatic carbocycles. The van der Waals surface area contributed by atoms with Crippen LogP contribution in [0, 0.1) is 0 Å². The highest BCUT2D eigenvalue weighted by Crippen LogP contribution is 2.32. The zero-order valence-corrected chi connectivity index (χ0v) is 12.2. The van der Waals surface area contributed by atoms with Crippen LogP contribution in [0.15, 0.2) is 12.1 Å². The Balaban J connectivity index is 3.02. The Morgan fingerprint density at radius 1 is 1.20 bits per heavy atom. The Labute approximate surface area is 118 Å². The number of unbranched alkanes of at least 4 members (excludes halogenated alkanes) is 1. The van der Waals surface area contributed by atoms with Crippen LogP contribution in [0.5, 0.6) is 0 Å². The van der Waals surface area contributed by atoms with Gasteiger partial charge in [0.15, 0.2) is 0 Å². The van der Waals surface area contributed by atoms with E-state index < -0.39 is 11.7 Å². The average molecular weight is 289 g/mol. The highest BCUT2D eigenvalue weighted by Gasteiger charge is 2.32. The first kappa shape index (κ1) is 16.6. The van der Waals surface area contributed by atoms with E-state index in [1.807, 2.05) is 13.8 Å². The predicted octanol–water partition coefficient (Wildman–Crippen LogP) is 4.16. The van der Waals surface area contributed by atoms with Gasteiger partial charge < -0.3 is 10.2 Å². The predicted molar refractivity (Wildman–Crippen MR) is 76.2 cm³/mol. The van der Waals surface area contributed by atoms with Gasteiger partial charge in [0.05, 0.1) is 5.56 Å². The van der Waals surface area contributed by atoms with E-state index in [1.54, 1.807) is 11.9 Å². The first-order chi connectivity index (χ1) is 9.38. The van der Waals surface area contributed by atoms with Gasteiger partial charge in [0.25, 0.3) is 0 Å². The molecule has 0 aliphatic heterocycles. The summed E-state index contributed by atoms with van der Waals surface area (Å²) in [6, 6.07) is 2.17. The molecular weight excluding hydrogens is 267 g/mol. The number of alkyl halides is 3. The molecule has 0 amide bonds. The minimum absolute atomic E-state index is 0.278. The summed E-state index contributed by atoms with van der Waals surface area (Å²) in [7, 11) is 1.77. The molecule has 0 radical (unpaired) electrons. The Morgan fingerprint density at radius 3 is 2.45 bits per heavy atom. The molecule has 0 fully saturated rings. The first-order valence-corrected chi connectivity index (χ1v) is 6.92. The van der Waals surface area contributed by atoms with Gasteiger partial charge in [-0.25, -0.2) is 4.98 Å². The molecule has 0 saturated carbocycles. The minimum Gasteiger partial charge on any atom is -0.370 e. The minimum atomic E-state index is -4.36. The third-order valence-corrected chi connectivity index (χ3v) is 2.93. The average Bonchev–Trinajstić information content (AvgIpc) is 2.41. The molecule has 0 spiro atoms. The highest BCUT2D eigenvalue weighted by molar-refractivity contribution is 5.51. The van der Waals surface area contributed by atoms with Gasteiger partial charge in [-0.05, 0) is 25.0 Å². The summed E-state index contributed by atoms with van der Waals surface area (Å²) >= 11 is 0. The van der Waals surface area contributed by atoms with Crippen molar-refractivity contribution in [3.8, 4) is 0 Å². The smallest absolute Gasteiger partial charge is 0.370 e. The zero-order valence-electron chi connectivity index (χ0n) is 12.2. The second kappa shape index (κ2) is 7.36. The molecule has 0 aliphatic rings. The van der Waals surface area contributed by atoms with Crippen LogP contribution in [-0.4, -0.2) is 25.1 Å². The maximum atomic E-state index is 12.9. The number of hydrogen-bond donors (Lipinski definition) is 1. The first-order valence-electron chi connectivity index (χ1n) is 6.92. The number of aromatic nitrogens is 1. The van der Waals surface area contributed by atoms with Crippen molar-refractivity contribution in [2.75, 3.05) is 30.4 Å². The van der Waals surface area contributed by atoms with Crippen LogP contribution >= 0.6 is 0 Å². The Hall–Kier alpha value is -1.46. The van der Waals surface area contributed by atoms with Gasteiger partial charge in [-0.15, -0.1) is 0 Å². The molecule has 0 aromatic carbocycles. The quantitative estimate of drug-likeness (QED) is 0.817. The van der Waals surface area contributed by atoms with Crippen LogP contribution in [0.4, 0.5) is 24.8 Å². The van der Waals surface area contributed by atoms with E-state index >= 15 is 0 Å². The Kier molecular flexibility index (Phi) is 6.10. The molecule has 1 aromatic heterocycles. The summed E-state index contributed by atoms with van der Waals surface area (Å²) in [5, 5.41) is 2.92. The summed E-state index contributed by atoms with van der Waals surface area (Å²) in [6.45, 7) is 5.29. The van der Waals surface area contributed by atoms with E-state index in [9.17, 15) is 13.2 Å². The number of nitrogens with zero attached hydrogens (tertiary/aromatic N) is 2. The molecule has 1 heterocycles. The fraction of sp³-hybridized carbons (Fsp3) is 0.643. The lowest BCUT2D eigenvalue weighted by atomic mass is 10.2. The van der Waals surface area contributed by atoms with Crippen molar-refractivity contribution in [2.45, 2.75) is 39.3 Å². The number of halogens is 3. The van der Waals surface area contributed by atoms with Crippen molar-refractivity contribution >= 4 is 11.6 Å². The van der Waals surface area contributed by atoms with Gasteiger partial charge in [0, 0.05) is 20.1 Å². The fourth-order valence-electron chi connectivity index (χ4n) is 1.73. The molecule has 6 heteroatoms. The third kappa shape index (κ3) is 4.90. The fourth-order valence-corrected chi connectivity index (χ4v) is 1.73. The Bertz CT molecular complexity index is 419. The van der Waals surface area contributed by atoms with Crippen LogP contribution in [0.3, 0.4) is 0 Å². The summed E-state index contributed by atoms with van der Waals surface area (Å²) in [5.41, 5.74) is -0.663. The molecular formula is C14H22F3N3. The van der Waals surface area contributed by atoms with Crippen LogP contribution in [0.2, 0.25) is 0 Å². The molecule has 20 heavy (non-hydrogen) atoms. The number of rotatable bonds is 7. The number of hydrogen-bond acceptors (Lipinski definition) is 3. The highest BCUT2D eigenvalue weighted by atomic mass is 19.4. The largest absolute Gasteiger partial charge is 0.416 e. The molecule has 3 nitrogen and oxygen atoms in total. The van der Waals surface area contributed by atoms with Crippen molar-refractivity contribution in [1.29, 1.82) is 0 Å². The van der Waals surface area contributed by atoms with Crippen LogP contribution < -0.4 is 10.2 Å². The van der Waals surface area contributed by atoms with Crippen molar-refractivity contribution in [2.24, 2.45) is 0 Å². The number of pyridine rings is 1. The van der Waals surface area contributed by atoms with E-state index in [4.69, 9.17) is 0 Å². The van der Waals surface area contributed by atoms with E-state index in [-0.39, 0.29) is 5.82 Å². The summed E-state index contributed by atoms with van der Waals surface area (Å²) in [5.74, 6) is 0.631. The lowest BCUT2D eigenvalue weighted by Crippen LogP contribution is -2.21. The molecule has 1 rings (SSSR count). The summed E-state index contributed by atoms with van der Waals surface area (Å²) < 4.78 is 38.7. The van der Waals surface area contributed by atoms with Gasteiger partial charge >= 0.3 is 6.18 Å². The van der Waals surface area contributed by atoms with Crippen molar-refractivity contribution < 1.29 is 13.2 Å². The van der Waals surface area contributed by atoms with Gasteiger partial charge in [-0.1, -0.05) is 20.3 Å². The second-order valence-corrected chi connectivity index (χ2v) is 4.80. The van der Waals surface area contributed by atoms with Crippen LogP contribution in [-0.2, 0) is 6.18 Å². The van der Waals surface area contributed by atoms with Crippen molar-refractivity contribution in [3.63, 3.8) is 0 Å². The molecule has 1 N–H and O–H groups in total. The van der Waals surface area contributed by atoms with Crippen LogP contribution in [0.25, 0.3) is 0 Å². The number of nitrogens with one attached hydrogen (secondary N) is 1. The van der Waals surface area contributed by atoms with E-state index in [1.165, 1.54) is 0 Å². The van der Waals surface area contributed by atoms with Crippen LogP contribution in [0.1, 0.15) is 38.7 Å². The van der Waals surface area contributed by atoms with E-state index in [0.717, 1.165) is 31.4 Å². The monoisotopic (exact) mass is 289 g/mol. The molecule has 0 atom stereocenters. The van der Waals surface area contributed by atoms with Crippen molar-refractivity contribution in [3.05, 3.63) is 17.7 Å². The topological polar surface area (TPSA) is 28.2 Å². The molecule has 0 unspecified atom stereocenters. The maximum absolute atomic E-state index is 12.9. The lowest BCUT2D eigenvalue weighted by Gasteiger charge is -2.20. The van der Waals surface area contributed by atoms with Crippen molar-refractivity contribution in [1.82, 2.24) is 4.98 Å². The SMILES string of the molecule is CCCCN(C)c1cc(C(F)(F)F)cc(NCCC)n1. The molecule has 0 bridgehead atoms. The molecule has 1 aromatic rings. The zero-order chi connectivity index (χ0) is 15.2.